The van der Waals surface area contributed by atoms with Crippen molar-refractivity contribution >= 4 is 5.71 Å². The second-order valence-corrected chi connectivity index (χ2v) is 5.18. The van der Waals surface area contributed by atoms with E-state index in [0.717, 1.165) is 16.8 Å². The first-order valence-electron chi connectivity index (χ1n) is 7.34. The quantitative estimate of drug-likeness (QED) is 0.528. The number of oxime groups is 1. The van der Waals surface area contributed by atoms with Crippen molar-refractivity contribution in [1.29, 1.82) is 0 Å². The Balaban J connectivity index is 1.62. The molecule has 1 heterocycles. The van der Waals surface area contributed by atoms with Gasteiger partial charge in [-0.1, -0.05) is 53.2 Å². The lowest BCUT2D eigenvalue weighted by molar-refractivity contribution is 0.111. The van der Waals surface area contributed by atoms with Crippen LogP contribution in [0.4, 0.5) is 0 Å². The summed E-state index contributed by atoms with van der Waals surface area (Å²) >= 11 is 0. The topological polar surface area (TPSA) is 60.5 Å². The van der Waals surface area contributed by atoms with Crippen molar-refractivity contribution in [2.24, 2.45) is 5.16 Å². The zero-order valence-electron chi connectivity index (χ0n) is 13.1. The van der Waals surface area contributed by atoms with Crippen molar-refractivity contribution in [2.75, 3.05) is 0 Å². The summed E-state index contributed by atoms with van der Waals surface area (Å²) in [5.74, 6) is 0.873. The zero-order chi connectivity index (χ0) is 16.1. The third-order valence-corrected chi connectivity index (χ3v) is 3.35. The van der Waals surface area contributed by atoms with Gasteiger partial charge in [-0.2, -0.15) is 0 Å². The fourth-order valence-electron chi connectivity index (χ4n) is 2.04. The Labute approximate surface area is 134 Å². The molecular weight excluding hydrogens is 290 g/mol. The molecule has 5 nitrogen and oxygen atoms in total. The molecule has 0 aliphatic heterocycles. The molecule has 23 heavy (non-hydrogen) atoms. The molecule has 116 valence electrons. The van der Waals surface area contributed by atoms with E-state index in [1.165, 1.54) is 5.56 Å². The number of hydrogen-bond acceptors (Lipinski definition) is 5. The van der Waals surface area contributed by atoms with Crippen molar-refractivity contribution in [3.63, 3.8) is 0 Å². The molecule has 0 bridgehead atoms. The third-order valence-electron chi connectivity index (χ3n) is 3.35. The first-order valence-corrected chi connectivity index (χ1v) is 7.34. The zero-order valence-corrected chi connectivity index (χ0v) is 13.1. The molecule has 3 rings (SSSR count). The van der Waals surface area contributed by atoms with Gasteiger partial charge < -0.3 is 9.25 Å². The molecule has 0 fully saturated rings. The van der Waals surface area contributed by atoms with Gasteiger partial charge >= 0.3 is 0 Å². The molecule has 0 atom stereocenters. The van der Waals surface area contributed by atoms with Crippen LogP contribution in [0, 0.1) is 6.92 Å². The van der Waals surface area contributed by atoms with Crippen molar-refractivity contribution in [3.8, 4) is 11.5 Å². The third kappa shape index (κ3) is 3.83. The lowest BCUT2D eigenvalue weighted by Gasteiger charge is -2.00. The van der Waals surface area contributed by atoms with Crippen LogP contribution >= 0.6 is 0 Å². The Bertz CT molecular complexity index is 793. The van der Waals surface area contributed by atoms with Gasteiger partial charge in [-0.25, -0.2) is 0 Å². The number of hydrogen-bond donors (Lipinski definition) is 0. The summed E-state index contributed by atoms with van der Waals surface area (Å²) in [5.41, 5.74) is 3.88. The van der Waals surface area contributed by atoms with Gasteiger partial charge in [0.25, 0.3) is 5.89 Å². The van der Waals surface area contributed by atoms with Gasteiger partial charge in [-0.3, -0.25) is 0 Å². The Morgan fingerprint density at radius 1 is 1.04 bits per heavy atom. The Kier molecular flexibility index (Phi) is 4.47. The van der Waals surface area contributed by atoms with Gasteiger partial charge in [0.2, 0.25) is 5.89 Å². The highest BCUT2D eigenvalue weighted by molar-refractivity contribution is 5.98. The smallest absolute Gasteiger partial charge is 0.257 e. The second kappa shape index (κ2) is 6.87. The number of aryl methyl sites for hydroxylation is 1. The van der Waals surface area contributed by atoms with Crippen molar-refractivity contribution < 1.29 is 9.25 Å². The van der Waals surface area contributed by atoms with Crippen LogP contribution in [-0.2, 0) is 11.4 Å². The normalized spacial score (nSPS) is 11.5. The van der Waals surface area contributed by atoms with E-state index < -0.39 is 0 Å². The molecule has 5 heteroatoms. The summed E-state index contributed by atoms with van der Waals surface area (Å²) in [6, 6.07) is 17.7. The first kappa shape index (κ1) is 15.0. The molecule has 0 aliphatic carbocycles. The summed E-state index contributed by atoms with van der Waals surface area (Å²) in [7, 11) is 0. The molecule has 0 unspecified atom stereocenters. The number of rotatable bonds is 5. The van der Waals surface area contributed by atoms with Gasteiger partial charge in [0.15, 0.2) is 6.61 Å². The van der Waals surface area contributed by atoms with Gasteiger partial charge in [0.1, 0.15) is 0 Å². The van der Waals surface area contributed by atoms with Crippen LogP contribution in [0.5, 0.6) is 0 Å². The van der Waals surface area contributed by atoms with E-state index in [2.05, 4.69) is 15.4 Å². The standard InChI is InChI=1S/C18H17N3O2/c1-13-8-10-16(11-9-13)18-20-19-17(23-18)12-22-21-14(2)15-6-4-3-5-7-15/h3-11H,12H2,1-2H3/b21-14+. The average molecular weight is 307 g/mol. The van der Waals surface area contributed by atoms with Crippen molar-refractivity contribution in [2.45, 2.75) is 20.5 Å². The minimum absolute atomic E-state index is 0.142. The lowest BCUT2D eigenvalue weighted by Crippen LogP contribution is -1.96. The summed E-state index contributed by atoms with van der Waals surface area (Å²) in [4.78, 5) is 5.30. The highest BCUT2D eigenvalue weighted by atomic mass is 16.6. The van der Waals surface area contributed by atoms with Crippen LogP contribution in [-0.4, -0.2) is 15.9 Å². The van der Waals surface area contributed by atoms with Gasteiger partial charge in [0, 0.05) is 5.56 Å². The Morgan fingerprint density at radius 2 is 1.78 bits per heavy atom. The Morgan fingerprint density at radius 3 is 2.52 bits per heavy atom. The minimum atomic E-state index is 0.142. The molecule has 0 saturated heterocycles. The first-order chi connectivity index (χ1) is 11.2. The number of benzene rings is 2. The Hall–Kier alpha value is -2.95. The SMILES string of the molecule is C/C(=N\OCc1nnc(-c2ccc(C)cc2)o1)c1ccccc1. The van der Waals surface area contributed by atoms with Crippen LogP contribution in [0.25, 0.3) is 11.5 Å². The maximum Gasteiger partial charge on any atom is 0.257 e. The number of nitrogens with zero attached hydrogens (tertiary/aromatic N) is 3. The maximum atomic E-state index is 5.58. The summed E-state index contributed by atoms with van der Waals surface area (Å²) in [6.07, 6.45) is 0. The lowest BCUT2D eigenvalue weighted by atomic mass is 10.1. The van der Waals surface area contributed by atoms with E-state index >= 15 is 0 Å². The summed E-state index contributed by atoms with van der Waals surface area (Å²) in [6.45, 7) is 4.06. The highest BCUT2D eigenvalue weighted by Gasteiger charge is 2.08. The van der Waals surface area contributed by atoms with Crippen LogP contribution in [0.3, 0.4) is 0 Å². The van der Waals surface area contributed by atoms with Crippen LogP contribution in [0.1, 0.15) is 23.9 Å². The molecule has 0 N–H and O–H groups in total. The molecule has 0 saturated carbocycles. The van der Waals surface area contributed by atoms with Gasteiger partial charge in [-0.15, -0.1) is 10.2 Å². The second-order valence-electron chi connectivity index (χ2n) is 5.18. The summed E-state index contributed by atoms with van der Waals surface area (Å²) < 4.78 is 5.58. The van der Waals surface area contributed by atoms with E-state index in [-0.39, 0.29) is 6.61 Å². The largest absolute Gasteiger partial charge is 0.417 e. The minimum Gasteiger partial charge on any atom is -0.417 e. The molecular formula is C18H17N3O2. The molecule has 0 spiro atoms. The average Bonchev–Trinajstić information content (AvgIpc) is 3.05. The molecule has 1 aromatic heterocycles. The van der Waals surface area contributed by atoms with E-state index in [4.69, 9.17) is 9.25 Å². The van der Waals surface area contributed by atoms with E-state index in [1.54, 1.807) is 0 Å². The van der Waals surface area contributed by atoms with Crippen molar-refractivity contribution in [3.05, 3.63) is 71.6 Å². The van der Waals surface area contributed by atoms with Crippen LogP contribution < -0.4 is 0 Å². The molecule has 0 radical (unpaired) electrons. The van der Waals surface area contributed by atoms with Gasteiger partial charge in [-0.05, 0) is 31.5 Å². The van der Waals surface area contributed by atoms with Crippen molar-refractivity contribution in [1.82, 2.24) is 10.2 Å². The fourth-order valence-corrected chi connectivity index (χ4v) is 2.04. The van der Waals surface area contributed by atoms with E-state index in [0.29, 0.717) is 11.8 Å². The molecule has 0 amide bonds. The molecule has 0 aliphatic rings. The maximum absolute atomic E-state index is 5.58. The number of aromatic nitrogens is 2. The molecule has 2 aromatic carbocycles. The monoisotopic (exact) mass is 307 g/mol. The summed E-state index contributed by atoms with van der Waals surface area (Å²) in [5, 5.41) is 12.1. The van der Waals surface area contributed by atoms with Crippen LogP contribution in [0.15, 0.2) is 64.2 Å². The van der Waals surface area contributed by atoms with Crippen LogP contribution in [0.2, 0.25) is 0 Å². The predicted molar refractivity (Wildman–Crippen MR) is 87.9 cm³/mol. The van der Waals surface area contributed by atoms with E-state index in [1.807, 2.05) is 68.4 Å². The highest BCUT2D eigenvalue weighted by Crippen LogP contribution is 2.18. The van der Waals surface area contributed by atoms with E-state index in [9.17, 15) is 0 Å². The van der Waals surface area contributed by atoms with Gasteiger partial charge in [0.05, 0.1) is 5.71 Å². The predicted octanol–water partition coefficient (Wildman–Crippen LogP) is 3.99. The fraction of sp³-hybridized carbons (Fsp3) is 0.167. The molecule has 3 aromatic rings.